The maximum absolute atomic E-state index is 10.7. The molecule has 0 aliphatic heterocycles. The van der Waals surface area contributed by atoms with E-state index >= 15 is 0 Å². The number of benzene rings is 1. The molecule has 1 atom stereocenters. The van der Waals surface area contributed by atoms with Crippen molar-refractivity contribution in [2.75, 3.05) is 12.8 Å². The van der Waals surface area contributed by atoms with Crippen LogP contribution >= 0.6 is 8.25 Å². The summed E-state index contributed by atoms with van der Waals surface area (Å²) >= 11 is 0. The highest BCUT2D eigenvalue weighted by atomic mass is 31.1. The fourth-order valence-electron chi connectivity index (χ4n) is 0.794. The van der Waals surface area contributed by atoms with Crippen LogP contribution in [0.4, 0.5) is 5.69 Å². The predicted octanol–water partition coefficient (Wildman–Crippen LogP) is 2.09. The third-order valence-electron chi connectivity index (χ3n) is 1.47. The lowest BCUT2D eigenvalue weighted by Crippen LogP contribution is -1.88. The molecule has 2 N–H and O–H groups in total. The molecule has 0 spiro atoms. The fraction of sp³-hybridized carbons (Fsp3) is 0.250. The van der Waals surface area contributed by atoms with Gasteiger partial charge in [0.05, 0.1) is 7.11 Å². The predicted molar refractivity (Wildman–Crippen MR) is 50.3 cm³/mol. The van der Waals surface area contributed by atoms with Crippen molar-refractivity contribution in [1.82, 2.24) is 0 Å². The van der Waals surface area contributed by atoms with E-state index in [1.165, 1.54) is 7.11 Å². The summed E-state index contributed by atoms with van der Waals surface area (Å²) in [6.07, 6.45) is 0. The summed E-state index contributed by atoms with van der Waals surface area (Å²) in [5.41, 5.74) is 7.09. The van der Waals surface area contributed by atoms with Crippen molar-refractivity contribution in [3.05, 3.63) is 29.8 Å². The molecule has 1 aromatic rings. The van der Waals surface area contributed by atoms with Crippen molar-refractivity contribution in [2.24, 2.45) is 0 Å². The Kier molecular flexibility index (Phi) is 3.83. The van der Waals surface area contributed by atoms with Gasteiger partial charge in [-0.3, -0.25) is 0 Å². The Morgan fingerprint density at radius 3 is 2.54 bits per heavy atom. The molecule has 5 heteroatoms. The summed E-state index contributed by atoms with van der Waals surface area (Å²) in [7, 11) is -0.656. The number of nitrogen functional groups attached to an aromatic ring is 1. The Morgan fingerprint density at radius 2 is 2.00 bits per heavy atom. The minimum absolute atomic E-state index is 0.267. The van der Waals surface area contributed by atoms with Crippen LogP contribution in [0.3, 0.4) is 0 Å². The molecule has 1 rings (SSSR count). The van der Waals surface area contributed by atoms with E-state index < -0.39 is 8.25 Å². The molecule has 0 bridgehead atoms. The highest BCUT2D eigenvalue weighted by Crippen LogP contribution is 2.23. The summed E-state index contributed by atoms with van der Waals surface area (Å²) in [6.45, 7) is 0.267. The molecule has 4 nitrogen and oxygen atoms in total. The summed E-state index contributed by atoms with van der Waals surface area (Å²) in [4.78, 5) is 0. The second-order valence-corrected chi connectivity index (χ2v) is 3.49. The Hall–Kier alpha value is -0.960. The molecule has 0 amide bonds. The molecular weight excluding hydrogens is 189 g/mol. The van der Waals surface area contributed by atoms with Crippen molar-refractivity contribution in [3.8, 4) is 0 Å². The van der Waals surface area contributed by atoms with Gasteiger partial charge in [0.25, 0.3) is 0 Å². The van der Waals surface area contributed by atoms with Crippen molar-refractivity contribution in [3.63, 3.8) is 0 Å². The zero-order valence-corrected chi connectivity index (χ0v) is 8.16. The molecule has 0 saturated carbocycles. The summed E-state index contributed by atoms with van der Waals surface area (Å²) in [6, 6.07) is 7.15. The van der Waals surface area contributed by atoms with E-state index in [0.29, 0.717) is 5.69 Å². The molecule has 13 heavy (non-hydrogen) atoms. The van der Waals surface area contributed by atoms with Gasteiger partial charge in [0.1, 0.15) is 6.61 Å². The molecule has 0 radical (unpaired) electrons. The van der Waals surface area contributed by atoms with Gasteiger partial charge in [-0.2, -0.15) is 0 Å². The van der Waals surface area contributed by atoms with Crippen molar-refractivity contribution in [1.29, 1.82) is 0 Å². The molecular formula is C8H11NO3P+. The average molecular weight is 200 g/mol. The molecule has 0 fully saturated rings. The second-order valence-electron chi connectivity index (χ2n) is 2.42. The van der Waals surface area contributed by atoms with Crippen LogP contribution in [0.5, 0.6) is 0 Å². The van der Waals surface area contributed by atoms with Crippen LogP contribution in [0.1, 0.15) is 5.56 Å². The van der Waals surface area contributed by atoms with Crippen molar-refractivity contribution in [2.45, 2.75) is 6.61 Å². The van der Waals surface area contributed by atoms with Crippen LogP contribution in [0.25, 0.3) is 0 Å². The first-order chi connectivity index (χ1) is 6.22. The quantitative estimate of drug-likeness (QED) is 0.597. The zero-order valence-electron chi connectivity index (χ0n) is 7.27. The van der Waals surface area contributed by atoms with E-state index in [1.807, 2.05) is 12.1 Å². The van der Waals surface area contributed by atoms with E-state index in [-0.39, 0.29) is 6.61 Å². The first-order valence-electron chi connectivity index (χ1n) is 3.71. The SMILES string of the molecule is CO[P+](=O)OCc1ccc(N)cc1. The molecule has 0 aliphatic rings. The van der Waals surface area contributed by atoms with Gasteiger partial charge in [-0.15, -0.1) is 9.05 Å². The van der Waals surface area contributed by atoms with E-state index in [4.69, 9.17) is 10.3 Å². The van der Waals surface area contributed by atoms with Crippen LogP contribution in [0, 0.1) is 0 Å². The molecule has 0 aromatic heterocycles. The van der Waals surface area contributed by atoms with Gasteiger partial charge in [-0.1, -0.05) is 12.1 Å². The second kappa shape index (κ2) is 4.92. The number of rotatable bonds is 4. The molecule has 0 aliphatic carbocycles. The minimum atomic E-state index is -1.99. The van der Waals surface area contributed by atoms with Gasteiger partial charge >= 0.3 is 8.25 Å². The number of anilines is 1. The first-order valence-corrected chi connectivity index (χ1v) is 4.80. The smallest absolute Gasteiger partial charge is 0.399 e. The van der Waals surface area contributed by atoms with Crippen molar-refractivity contribution < 1.29 is 13.6 Å². The number of hydrogen-bond acceptors (Lipinski definition) is 4. The van der Waals surface area contributed by atoms with Gasteiger partial charge in [0.2, 0.25) is 0 Å². The van der Waals surface area contributed by atoms with Gasteiger partial charge in [-0.25, -0.2) is 0 Å². The lowest BCUT2D eigenvalue weighted by Gasteiger charge is -1.95. The average Bonchev–Trinajstić information content (AvgIpc) is 2.16. The van der Waals surface area contributed by atoms with E-state index in [1.54, 1.807) is 12.1 Å². The Balaban J connectivity index is 2.46. The third kappa shape index (κ3) is 3.51. The van der Waals surface area contributed by atoms with Crippen LogP contribution in [-0.2, 0) is 20.2 Å². The maximum Gasteiger partial charge on any atom is 0.697 e. The normalized spacial score (nSPS) is 11.3. The van der Waals surface area contributed by atoms with E-state index in [9.17, 15) is 4.57 Å². The highest BCUT2D eigenvalue weighted by molar-refractivity contribution is 7.33. The number of nitrogens with two attached hydrogens (primary N) is 1. The Bertz CT molecular complexity index is 286. The van der Waals surface area contributed by atoms with Crippen molar-refractivity contribution >= 4 is 13.9 Å². The highest BCUT2D eigenvalue weighted by Gasteiger charge is 2.16. The largest absolute Gasteiger partial charge is 0.697 e. The summed E-state index contributed by atoms with van der Waals surface area (Å²) in [5, 5.41) is 0. The maximum atomic E-state index is 10.7. The molecule has 1 unspecified atom stereocenters. The molecule has 0 heterocycles. The number of hydrogen-bond donors (Lipinski definition) is 1. The Morgan fingerprint density at radius 1 is 1.38 bits per heavy atom. The monoisotopic (exact) mass is 200 g/mol. The van der Waals surface area contributed by atoms with Gasteiger partial charge in [0, 0.05) is 10.3 Å². The van der Waals surface area contributed by atoms with E-state index in [0.717, 1.165) is 5.56 Å². The Labute approximate surface area is 77.6 Å². The van der Waals surface area contributed by atoms with Gasteiger partial charge in [-0.05, 0) is 17.7 Å². The topological polar surface area (TPSA) is 61.5 Å². The fourth-order valence-corrected chi connectivity index (χ4v) is 1.15. The summed E-state index contributed by atoms with van der Waals surface area (Å²) in [5.74, 6) is 0. The minimum Gasteiger partial charge on any atom is -0.399 e. The van der Waals surface area contributed by atoms with E-state index in [2.05, 4.69) is 4.52 Å². The third-order valence-corrected chi connectivity index (χ3v) is 2.10. The molecule has 70 valence electrons. The van der Waals surface area contributed by atoms with Crippen LogP contribution in [-0.4, -0.2) is 7.11 Å². The van der Waals surface area contributed by atoms with Crippen LogP contribution in [0.2, 0.25) is 0 Å². The lowest BCUT2D eigenvalue weighted by atomic mass is 10.2. The molecule has 0 saturated heterocycles. The molecule has 1 aromatic carbocycles. The summed E-state index contributed by atoms with van der Waals surface area (Å²) < 4.78 is 20.1. The first kappa shape index (κ1) is 10.1. The van der Waals surface area contributed by atoms with Gasteiger partial charge < -0.3 is 5.73 Å². The van der Waals surface area contributed by atoms with Crippen LogP contribution < -0.4 is 5.73 Å². The zero-order chi connectivity index (χ0) is 9.68. The lowest BCUT2D eigenvalue weighted by molar-refractivity contribution is 0.248. The van der Waals surface area contributed by atoms with Crippen LogP contribution in [0.15, 0.2) is 24.3 Å². The standard InChI is InChI=1S/C8H11NO3P/c1-11-13(10)12-6-7-2-4-8(9)5-3-7/h2-5H,6,9H2,1H3/q+1. The van der Waals surface area contributed by atoms with Gasteiger partial charge in [0.15, 0.2) is 0 Å².